The minimum Gasteiger partial charge on any atom is -0.396 e. The number of carbonyl (C=O) groups is 1. The normalized spacial score (nSPS) is 25.1. The van der Waals surface area contributed by atoms with Crippen LogP contribution in [0.25, 0.3) is 0 Å². The maximum atomic E-state index is 11.3. The topological polar surface area (TPSA) is 81.6 Å². The fraction of sp³-hybridized carbons (Fsp3) is 0.800. The lowest BCUT2D eigenvalue weighted by atomic mass is 9.84. The minimum atomic E-state index is -0.118. The van der Waals surface area contributed by atoms with Crippen molar-refractivity contribution in [3.63, 3.8) is 0 Å². The highest BCUT2D eigenvalue weighted by atomic mass is 16.3. The molecule has 1 saturated carbocycles. The number of rotatable bonds is 7. The predicted octanol–water partition coefficient (Wildman–Crippen LogP) is 2.90. The van der Waals surface area contributed by atoms with E-state index in [9.17, 15) is 9.90 Å². The van der Waals surface area contributed by atoms with E-state index in [4.69, 9.17) is 9.97 Å². The van der Waals surface area contributed by atoms with Crippen LogP contribution in [0.4, 0.5) is 5.82 Å². The minimum absolute atomic E-state index is 0.0990. The third-order valence-corrected chi connectivity index (χ3v) is 6.97. The summed E-state index contributed by atoms with van der Waals surface area (Å²) < 4.78 is 0. The Morgan fingerprint density at radius 2 is 1.91 bits per heavy atom. The Labute approximate surface area is 194 Å². The first-order chi connectivity index (χ1) is 15.2. The van der Waals surface area contributed by atoms with Crippen molar-refractivity contribution in [2.45, 2.75) is 90.6 Å². The highest BCUT2D eigenvalue weighted by Crippen LogP contribution is 2.28. The molecule has 0 aromatic carbocycles. The second-order valence-electron chi connectivity index (χ2n) is 10.8. The lowest BCUT2D eigenvalue weighted by molar-refractivity contribution is -0.119. The molecule has 2 heterocycles. The Balaban J connectivity index is 1.53. The molecule has 1 saturated heterocycles. The van der Waals surface area contributed by atoms with Crippen molar-refractivity contribution in [3.8, 4) is 0 Å². The van der Waals surface area contributed by atoms with Gasteiger partial charge in [-0.05, 0) is 51.5 Å². The molecule has 2 N–H and O–H groups in total. The summed E-state index contributed by atoms with van der Waals surface area (Å²) in [5.41, 5.74) is 0.805. The maximum Gasteiger partial charge on any atom is 0.217 e. The number of anilines is 1. The van der Waals surface area contributed by atoms with Crippen molar-refractivity contribution in [3.05, 3.63) is 17.6 Å². The zero-order valence-corrected chi connectivity index (χ0v) is 20.7. The average molecular weight is 446 g/mol. The molecule has 1 atom stereocenters. The lowest BCUT2D eigenvalue weighted by Gasteiger charge is -2.41. The van der Waals surface area contributed by atoms with E-state index in [1.165, 1.54) is 19.3 Å². The van der Waals surface area contributed by atoms with Crippen LogP contribution >= 0.6 is 0 Å². The zero-order valence-electron chi connectivity index (χ0n) is 20.7. The molecule has 32 heavy (non-hydrogen) atoms. The molecule has 0 bridgehead atoms. The van der Waals surface area contributed by atoms with Gasteiger partial charge in [0.2, 0.25) is 5.91 Å². The Kier molecular flexibility index (Phi) is 8.50. The molecule has 2 fully saturated rings. The number of aromatic nitrogens is 2. The van der Waals surface area contributed by atoms with E-state index in [1.807, 2.05) is 0 Å². The molecule has 180 valence electrons. The van der Waals surface area contributed by atoms with E-state index in [1.54, 1.807) is 6.92 Å². The summed E-state index contributed by atoms with van der Waals surface area (Å²) in [5, 5.41) is 12.5. The first-order valence-electron chi connectivity index (χ1n) is 12.4. The third-order valence-electron chi connectivity index (χ3n) is 6.97. The number of nitrogens with zero attached hydrogens (tertiary/aromatic N) is 4. The van der Waals surface area contributed by atoms with Crippen molar-refractivity contribution in [2.75, 3.05) is 37.7 Å². The van der Waals surface area contributed by atoms with Crippen molar-refractivity contribution in [2.24, 2.45) is 5.92 Å². The molecule has 1 aliphatic carbocycles. The molecule has 1 aliphatic heterocycles. The molecular weight excluding hydrogens is 402 g/mol. The van der Waals surface area contributed by atoms with Crippen LogP contribution in [0, 0.1) is 5.92 Å². The Bertz CT molecular complexity index is 755. The Morgan fingerprint density at radius 3 is 2.50 bits per heavy atom. The van der Waals surface area contributed by atoms with Gasteiger partial charge in [0.05, 0.1) is 0 Å². The summed E-state index contributed by atoms with van der Waals surface area (Å²) in [5.74, 6) is 2.73. The number of nitrogens with one attached hydrogen (secondary N) is 1. The molecule has 1 aromatic rings. The van der Waals surface area contributed by atoms with E-state index in [0.717, 1.165) is 62.3 Å². The molecule has 7 nitrogen and oxygen atoms in total. The number of hydrogen-bond acceptors (Lipinski definition) is 6. The largest absolute Gasteiger partial charge is 0.396 e. The van der Waals surface area contributed by atoms with Gasteiger partial charge in [-0.3, -0.25) is 9.69 Å². The van der Waals surface area contributed by atoms with E-state index in [2.05, 4.69) is 48.9 Å². The summed E-state index contributed by atoms with van der Waals surface area (Å²) in [6, 6.07) is 2.92. The van der Waals surface area contributed by atoms with Gasteiger partial charge in [0.15, 0.2) is 0 Å². The smallest absolute Gasteiger partial charge is 0.217 e. The summed E-state index contributed by atoms with van der Waals surface area (Å²) in [6.07, 6.45) is 6.51. The predicted molar refractivity (Wildman–Crippen MR) is 129 cm³/mol. The van der Waals surface area contributed by atoms with Crippen LogP contribution in [0.15, 0.2) is 6.07 Å². The lowest BCUT2D eigenvalue weighted by Crippen LogP contribution is -2.52. The molecule has 3 rings (SSSR count). The fourth-order valence-corrected chi connectivity index (χ4v) is 4.99. The van der Waals surface area contributed by atoms with Gasteiger partial charge < -0.3 is 15.3 Å². The molecule has 1 aromatic heterocycles. The highest BCUT2D eigenvalue weighted by molar-refractivity contribution is 5.73. The summed E-state index contributed by atoms with van der Waals surface area (Å²) in [4.78, 5) is 25.9. The van der Waals surface area contributed by atoms with Crippen LogP contribution in [0.2, 0.25) is 0 Å². The molecular formula is C25H43N5O2. The van der Waals surface area contributed by atoms with E-state index < -0.39 is 0 Å². The number of amides is 1. The monoisotopic (exact) mass is 445 g/mol. The first kappa shape index (κ1) is 24.9. The molecule has 1 amide bonds. The number of aliphatic hydroxyl groups excluding tert-OH is 1. The second kappa shape index (κ2) is 10.9. The van der Waals surface area contributed by atoms with Crippen LogP contribution in [0.1, 0.15) is 78.2 Å². The van der Waals surface area contributed by atoms with Crippen molar-refractivity contribution in [1.29, 1.82) is 0 Å². The molecule has 0 radical (unpaired) electrons. The Morgan fingerprint density at radius 1 is 1.19 bits per heavy atom. The highest BCUT2D eigenvalue weighted by Gasteiger charge is 2.28. The van der Waals surface area contributed by atoms with Gasteiger partial charge in [-0.1, -0.05) is 20.8 Å². The number of piperazine rings is 1. The van der Waals surface area contributed by atoms with Gasteiger partial charge in [-0.2, -0.15) is 0 Å². The van der Waals surface area contributed by atoms with Crippen LogP contribution in [-0.4, -0.2) is 70.8 Å². The second-order valence-corrected chi connectivity index (χ2v) is 10.8. The van der Waals surface area contributed by atoms with Gasteiger partial charge in [0.1, 0.15) is 11.6 Å². The average Bonchev–Trinajstić information content (AvgIpc) is 2.73. The molecule has 2 aliphatic rings. The number of carbonyl (C=O) groups excluding carboxylic acids is 1. The van der Waals surface area contributed by atoms with Crippen molar-refractivity contribution >= 4 is 11.7 Å². The van der Waals surface area contributed by atoms with E-state index >= 15 is 0 Å². The van der Waals surface area contributed by atoms with Gasteiger partial charge in [-0.15, -0.1) is 0 Å². The third kappa shape index (κ3) is 6.88. The SMILES string of the molecule is CC(=O)N[C@H]1CC[C@H](CCN2CCN(c3cc(CCO)nc(C(C)(C)C)n3)C[C@H]2C)CC1. The summed E-state index contributed by atoms with van der Waals surface area (Å²) in [6.45, 7) is 14.6. The Hall–Kier alpha value is -1.73. The van der Waals surface area contributed by atoms with Crippen LogP contribution < -0.4 is 10.2 Å². The standard InChI is InChI=1S/C25H43N5O2/c1-18-17-30(23-16-22(11-15-31)27-24(28-23)25(3,4)5)14-13-29(18)12-10-20-6-8-21(9-7-20)26-19(2)32/h16,18,20-21,31H,6-15,17H2,1-5H3,(H,26,32)/t18-,20-,21-/m1/s1. The van der Waals surface area contributed by atoms with Gasteiger partial charge in [0.25, 0.3) is 0 Å². The van der Waals surface area contributed by atoms with Crippen LogP contribution in [0.5, 0.6) is 0 Å². The zero-order chi connectivity index (χ0) is 23.3. The molecule has 0 spiro atoms. The van der Waals surface area contributed by atoms with Crippen molar-refractivity contribution < 1.29 is 9.90 Å². The number of hydrogen-bond donors (Lipinski definition) is 2. The first-order valence-corrected chi connectivity index (χ1v) is 12.4. The number of aliphatic hydroxyl groups is 1. The molecule has 7 heteroatoms. The molecule has 0 unspecified atom stereocenters. The fourth-order valence-electron chi connectivity index (χ4n) is 4.99. The quantitative estimate of drug-likeness (QED) is 0.672. The van der Waals surface area contributed by atoms with Gasteiger partial charge in [-0.25, -0.2) is 9.97 Å². The van der Waals surface area contributed by atoms with Crippen LogP contribution in [0.3, 0.4) is 0 Å². The summed E-state index contributed by atoms with van der Waals surface area (Å²) >= 11 is 0. The summed E-state index contributed by atoms with van der Waals surface area (Å²) in [7, 11) is 0. The van der Waals surface area contributed by atoms with E-state index in [-0.39, 0.29) is 17.9 Å². The van der Waals surface area contributed by atoms with Crippen molar-refractivity contribution in [1.82, 2.24) is 20.2 Å². The maximum absolute atomic E-state index is 11.3. The van der Waals surface area contributed by atoms with E-state index in [0.29, 0.717) is 18.5 Å². The van der Waals surface area contributed by atoms with Gasteiger partial charge >= 0.3 is 0 Å². The van der Waals surface area contributed by atoms with Gasteiger partial charge in [0, 0.05) is 68.8 Å². The van der Waals surface area contributed by atoms with Crippen LogP contribution in [-0.2, 0) is 16.6 Å².